The summed E-state index contributed by atoms with van der Waals surface area (Å²) in [5.74, 6) is 0.598. The molecule has 1 unspecified atom stereocenters. The lowest BCUT2D eigenvalue weighted by Gasteiger charge is -2.19. The predicted molar refractivity (Wildman–Crippen MR) is 89.5 cm³/mol. The smallest absolute Gasteiger partial charge is 0.303 e. The third kappa shape index (κ3) is 6.91. The van der Waals surface area contributed by atoms with Crippen LogP contribution >= 0.6 is 0 Å². The Balaban J connectivity index is 2.84. The van der Waals surface area contributed by atoms with Crippen LogP contribution in [0.3, 0.4) is 0 Å². The largest absolute Gasteiger partial charge is 0.496 e. The van der Waals surface area contributed by atoms with Crippen molar-refractivity contribution in [3.63, 3.8) is 0 Å². The van der Waals surface area contributed by atoms with Crippen molar-refractivity contribution >= 4 is 5.97 Å². The third-order valence-electron chi connectivity index (χ3n) is 3.73. The summed E-state index contributed by atoms with van der Waals surface area (Å²) in [5.41, 5.74) is 0.938. The van der Waals surface area contributed by atoms with Crippen LogP contribution in [0.1, 0.15) is 50.5 Å². The molecule has 5 nitrogen and oxygen atoms in total. The fourth-order valence-corrected chi connectivity index (χ4v) is 2.54. The summed E-state index contributed by atoms with van der Waals surface area (Å²) in [7, 11) is 3.27. The Kier molecular flexibility index (Phi) is 9.14. The maximum atomic E-state index is 11.1. The molecule has 0 amide bonds. The third-order valence-corrected chi connectivity index (χ3v) is 3.73. The van der Waals surface area contributed by atoms with E-state index in [2.05, 4.69) is 6.92 Å². The molecule has 1 aromatic carbocycles. The summed E-state index contributed by atoms with van der Waals surface area (Å²) in [6, 6.07) is 5.64. The van der Waals surface area contributed by atoms with Gasteiger partial charge in [0.15, 0.2) is 0 Å². The molecule has 0 saturated heterocycles. The molecule has 1 atom stereocenters. The highest BCUT2D eigenvalue weighted by Crippen LogP contribution is 2.35. The summed E-state index contributed by atoms with van der Waals surface area (Å²) in [4.78, 5) is 11.1. The van der Waals surface area contributed by atoms with E-state index in [1.54, 1.807) is 14.2 Å². The molecule has 0 aliphatic carbocycles. The maximum Gasteiger partial charge on any atom is 0.303 e. The average Bonchev–Trinajstić information content (AvgIpc) is 2.55. The van der Waals surface area contributed by atoms with Crippen molar-refractivity contribution in [3.8, 4) is 11.5 Å². The molecular weight excluding hydrogens is 296 g/mol. The van der Waals surface area contributed by atoms with Crippen molar-refractivity contribution < 1.29 is 24.1 Å². The molecule has 5 heteroatoms. The number of unbranched alkanes of at least 4 members (excludes halogenated alkanes) is 1. The summed E-state index contributed by atoms with van der Waals surface area (Å²) in [6.45, 7) is 3.34. The van der Waals surface area contributed by atoms with Crippen LogP contribution in [-0.2, 0) is 9.53 Å². The Hall–Kier alpha value is -1.75. The minimum absolute atomic E-state index is 0.0371. The topological polar surface area (TPSA) is 65.0 Å². The monoisotopic (exact) mass is 324 g/mol. The van der Waals surface area contributed by atoms with Crippen LogP contribution in [0.2, 0.25) is 0 Å². The van der Waals surface area contributed by atoms with E-state index in [1.807, 2.05) is 18.2 Å². The number of carbonyl (C=O) groups is 1. The molecule has 1 aromatic rings. The van der Waals surface area contributed by atoms with Gasteiger partial charge in [0.1, 0.15) is 11.5 Å². The van der Waals surface area contributed by atoms with Crippen LogP contribution in [0.25, 0.3) is 0 Å². The zero-order valence-corrected chi connectivity index (χ0v) is 14.3. The van der Waals surface area contributed by atoms with E-state index < -0.39 is 5.97 Å². The van der Waals surface area contributed by atoms with Crippen molar-refractivity contribution in [2.45, 2.75) is 44.9 Å². The molecule has 23 heavy (non-hydrogen) atoms. The Bertz CT molecular complexity index is 472. The van der Waals surface area contributed by atoms with Crippen LogP contribution in [0.4, 0.5) is 0 Å². The van der Waals surface area contributed by atoms with Crippen molar-refractivity contribution in [2.24, 2.45) is 0 Å². The fourth-order valence-electron chi connectivity index (χ4n) is 2.54. The van der Waals surface area contributed by atoms with Gasteiger partial charge in [-0.1, -0.05) is 25.8 Å². The molecule has 0 heterocycles. The van der Waals surface area contributed by atoms with Gasteiger partial charge in [0.05, 0.1) is 20.1 Å². The first-order valence-electron chi connectivity index (χ1n) is 8.13. The van der Waals surface area contributed by atoms with E-state index in [0.717, 1.165) is 37.0 Å². The molecule has 130 valence electrons. The van der Waals surface area contributed by atoms with E-state index in [9.17, 15) is 4.79 Å². The standard InChI is InChI=1S/C18H28O5/c1-4-5-7-14(12-18(19)20)16-9-8-15(13-17(16)22-3)23-11-6-10-21-2/h8-9,13-14H,4-7,10-12H2,1-3H3,(H,19,20). The molecule has 0 saturated carbocycles. The van der Waals surface area contributed by atoms with Gasteiger partial charge in [-0.05, 0) is 24.0 Å². The SMILES string of the molecule is CCCCC(CC(=O)O)c1ccc(OCCCOC)cc1OC. The van der Waals surface area contributed by atoms with E-state index >= 15 is 0 Å². The number of methoxy groups -OCH3 is 2. The van der Waals surface area contributed by atoms with Crippen LogP contribution in [0, 0.1) is 0 Å². The van der Waals surface area contributed by atoms with Crippen molar-refractivity contribution in [1.29, 1.82) is 0 Å². The second-order valence-electron chi connectivity index (χ2n) is 5.54. The van der Waals surface area contributed by atoms with E-state index in [1.165, 1.54) is 0 Å². The molecule has 1 N–H and O–H groups in total. The number of benzene rings is 1. The highest BCUT2D eigenvalue weighted by Gasteiger charge is 2.19. The molecule has 0 aromatic heterocycles. The lowest BCUT2D eigenvalue weighted by molar-refractivity contribution is -0.137. The summed E-state index contributed by atoms with van der Waals surface area (Å²) >= 11 is 0. The quantitative estimate of drug-likeness (QED) is 0.591. The van der Waals surface area contributed by atoms with Crippen LogP contribution in [-0.4, -0.2) is 38.5 Å². The molecule has 0 fully saturated rings. The molecule has 0 aliphatic heterocycles. The lowest BCUT2D eigenvalue weighted by atomic mass is 9.90. The van der Waals surface area contributed by atoms with Gasteiger partial charge in [-0.2, -0.15) is 0 Å². The number of carboxylic acids is 1. The van der Waals surface area contributed by atoms with Gasteiger partial charge in [0, 0.05) is 26.2 Å². The number of hydrogen-bond acceptors (Lipinski definition) is 4. The summed E-state index contributed by atoms with van der Waals surface area (Å²) < 4.78 is 16.1. The number of hydrogen-bond donors (Lipinski definition) is 1. The molecule has 0 spiro atoms. The average molecular weight is 324 g/mol. The van der Waals surface area contributed by atoms with Gasteiger partial charge in [0.25, 0.3) is 0 Å². The Morgan fingerprint density at radius 2 is 2.00 bits per heavy atom. The van der Waals surface area contributed by atoms with Gasteiger partial charge in [-0.15, -0.1) is 0 Å². The first kappa shape index (κ1) is 19.3. The molecule has 0 bridgehead atoms. The number of rotatable bonds is 12. The minimum Gasteiger partial charge on any atom is -0.496 e. The van der Waals surface area contributed by atoms with E-state index in [4.69, 9.17) is 19.3 Å². The lowest BCUT2D eigenvalue weighted by Crippen LogP contribution is -2.08. The molecule has 1 rings (SSSR count). The molecule has 0 radical (unpaired) electrons. The van der Waals surface area contributed by atoms with Gasteiger partial charge in [0.2, 0.25) is 0 Å². The maximum absolute atomic E-state index is 11.1. The van der Waals surface area contributed by atoms with Crippen LogP contribution in [0.5, 0.6) is 11.5 Å². The first-order valence-corrected chi connectivity index (χ1v) is 8.13. The normalized spacial score (nSPS) is 12.0. The zero-order chi connectivity index (χ0) is 17.1. The summed E-state index contributed by atoms with van der Waals surface area (Å²) in [6.07, 6.45) is 3.81. The van der Waals surface area contributed by atoms with Gasteiger partial charge >= 0.3 is 5.97 Å². The molecule has 0 aliphatic rings. The van der Waals surface area contributed by atoms with Crippen LogP contribution < -0.4 is 9.47 Å². The van der Waals surface area contributed by atoms with Crippen molar-refractivity contribution in [1.82, 2.24) is 0 Å². The highest BCUT2D eigenvalue weighted by atomic mass is 16.5. The summed E-state index contributed by atoms with van der Waals surface area (Å²) in [5, 5.41) is 9.15. The predicted octanol–water partition coefficient (Wildman–Crippen LogP) is 3.86. The Labute approximate surface area is 138 Å². The minimum atomic E-state index is -0.784. The highest BCUT2D eigenvalue weighted by molar-refractivity contribution is 5.68. The Morgan fingerprint density at radius 3 is 2.61 bits per heavy atom. The van der Waals surface area contributed by atoms with Gasteiger partial charge < -0.3 is 19.3 Å². The van der Waals surface area contributed by atoms with Crippen molar-refractivity contribution in [3.05, 3.63) is 23.8 Å². The van der Waals surface area contributed by atoms with Crippen LogP contribution in [0.15, 0.2) is 18.2 Å². The number of aliphatic carboxylic acids is 1. The van der Waals surface area contributed by atoms with Gasteiger partial charge in [-0.3, -0.25) is 4.79 Å². The van der Waals surface area contributed by atoms with E-state index in [-0.39, 0.29) is 12.3 Å². The Morgan fingerprint density at radius 1 is 1.22 bits per heavy atom. The molecular formula is C18H28O5. The second-order valence-corrected chi connectivity index (χ2v) is 5.54. The zero-order valence-electron chi connectivity index (χ0n) is 14.3. The number of carboxylic acid groups (broad SMARTS) is 1. The van der Waals surface area contributed by atoms with Crippen molar-refractivity contribution in [2.75, 3.05) is 27.4 Å². The van der Waals surface area contributed by atoms with Gasteiger partial charge in [-0.25, -0.2) is 0 Å². The number of ether oxygens (including phenoxy) is 3. The fraction of sp³-hybridized carbons (Fsp3) is 0.611. The second kappa shape index (κ2) is 10.9. The van der Waals surface area contributed by atoms with E-state index in [0.29, 0.717) is 19.0 Å². The first-order chi connectivity index (χ1) is 11.1.